The third-order valence-electron chi connectivity index (χ3n) is 1.40. The molecule has 0 heterocycles. The van der Waals surface area contributed by atoms with E-state index in [1.165, 1.54) is 25.3 Å². The van der Waals surface area contributed by atoms with Gasteiger partial charge < -0.3 is 4.74 Å². The Hall–Kier alpha value is -1.78. The maximum Gasteiger partial charge on any atom is 0.297 e. The van der Waals surface area contributed by atoms with Gasteiger partial charge in [0, 0.05) is 0 Å². The topological polar surface area (TPSA) is 76.2 Å². The van der Waals surface area contributed by atoms with E-state index in [0.717, 1.165) is 0 Å². The van der Waals surface area contributed by atoms with Gasteiger partial charge in [0.2, 0.25) is 0 Å². The Morgan fingerprint density at radius 1 is 1.58 bits per heavy atom. The second-order valence-corrected chi connectivity index (χ2v) is 2.14. The van der Waals surface area contributed by atoms with Crippen LogP contribution < -0.4 is 10.5 Å². The van der Waals surface area contributed by atoms with Crippen LogP contribution >= 0.6 is 0 Å². The minimum Gasteiger partial charge on any atom is -0.496 e. The molecule has 1 aromatic rings. The van der Waals surface area contributed by atoms with E-state index < -0.39 is 4.92 Å². The molecule has 0 fully saturated rings. The highest BCUT2D eigenvalue weighted by molar-refractivity contribution is 5.58. The van der Waals surface area contributed by atoms with Crippen molar-refractivity contribution in [2.45, 2.75) is 0 Å². The number of hydrogen-bond donors (Lipinski definition) is 0. The van der Waals surface area contributed by atoms with Crippen LogP contribution in [0.15, 0.2) is 18.2 Å². The van der Waals surface area contributed by atoms with E-state index in [-0.39, 0.29) is 11.4 Å². The van der Waals surface area contributed by atoms with Gasteiger partial charge in [-0.2, -0.15) is 0 Å². The van der Waals surface area contributed by atoms with Gasteiger partial charge in [-0.1, -0.05) is 0 Å². The van der Waals surface area contributed by atoms with E-state index in [1.807, 2.05) is 0 Å². The zero-order valence-electron chi connectivity index (χ0n) is 6.40. The zero-order valence-corrected chi connectivity index (χ0v) is 6.40. The van der Waals surface area contributed by atoms with Crippen molar-refractivity contribution in [2.75, 3.05) is 7.11 Å². The standard InChI is InChI=1S/C7H7N2O3/c1-12-5-2-3-6(8)7(4-5)9(10)11/h2-4,8H,1H3. The molecule has 0 spiro atoms. The van der Waals surface area contributed by atoms with Gasteiger partial charge in [-0.25, -0.2) is 0 Å². The SMILES string of the molecule is COc1ccc([NH])c([N+](=O)[O-])c1. The highest BCUT2D eigenvalue weighted by Gasteiger charge is 2.12. The van der Waals surface area contributed by atoms with Gasteiger partial charge in [-0.05, 0) is 12.1 Å². The quantitative estimate of drug-likeness (QED) is 0.494. The summed E-state index contributed by atoms with van der Waals surface area (Å²) in [5, 5.41) is 10.3. The molecule has 0 aliphatic carbocycles. The van der Waals surface area contributed by atoms with Gasteiger partial charge in [0.15, 0.2) is 0 Å². The third-order valence-corrected chi connectivity index (χ3v) is 1.40. The van der Waals surface area contributed by atoms with E-state index in [0.29, 0.717) is 5.75 Å². The van der Waals surface area contributed by atoms with Crippen LogP contribution in [0.25, 0.3) is 0 Å². The minimum absolute atomic E-state index is 0.110. The molecule has 0 saturated carbocycles. The summed E-state index contributed by atoms with van der Waals surface area (Å²) in [4.78, 5) is 9.71. The molecule has 0 aromatic heterocycles. The van der Waals surface area contributed by atoms with Crippen molar-refractivity contribution in [1.82, 2.24) is 5.73 Å². The predicted molar refractivity (Wildman–Crippen MR) is 42.4 cm³/mol. The molecule has 5 heteroatoms. The monoisotopic (exact) mass is 167 g/mol. The fourth-order valence-electron chi connectivity index (χ4n) is 0.789. The van der Waals surface area contributed by atoms with E-state index in [1.54, 1.807) is 0 Å². The van der Waals surface area contributed by atoms with E-state index in [4.69, 9.17) is 10.5 Å². The van der Waals surface area contributed by atoms with Crippen molar-refractivity contribution in [3.05, 3.63) is 28.3 Å². The lowest BCUT2D eigenvalue weighted by Gasteiger charge is -1.99. The van der Waals surface area contributed by atoms with Crippen molar-refractivity contribution < 1.29 is 9.66 Å². The summed E-state index contributed by atoms with van der Waals surface area (Å²) >= 11 is 0. The Balaban J connectivity index is 3.17. The maximum absolute atomic E-state index is 10.3. The highest BCUT2D eigenvalue weighted by Crippen LogP contribution is 2.26. The first-order valence-corrected chi connectivity index (χ1v) is 3.19. The fraction of sp³-hybridized carbons (Fsp3) is 0.143. The number of methoxy groups -OCH3 is 1. The van der Waals surface area contributed by atoms with Gasteiger partial charge in [0.1, 0.15) is 11.4 Å². The number of nitrogens with zero attached hydrogens (tertiary/aromatic N) is 1. The molecule has 63 valence electrons. The number of ether oxygens (including phenoxy) is 1. The average Bonchev–Trinajstić information content (AvgIpc) is 2.05. The molecule has 0 aliphatic rings. The van der Waals surface area contributed by atoms with Crippen molar-refractivity contribution in [2.24, 2.45) is 0 Å². The van der Waals surface area contributed by atoms with Crippen LogP contribution in [0.1, 0.15) is 0 Å². The second kappa shape index (κ2) is 3.08. The Kier molecular flexibility index (Phi) is 2.14. The molecule has 0 aliphatic heterocycles. The first-order valence-electron chi connectivity index (χ1n) is 3.19. The molecule has 0 atom stereocenters. The zero-order chi connectivity index (χ0) is 9.14. The molecule has 1 rings (SSSR count). The maximum atomic E-state index is 10.3. The van der Waals surface area contributed by atoms with Crippen molar-refractivity contribution in [3.8, 4) is 5.75 Å². The van der Waals surface area contributed by atoms with Crippen LogP contribution in [0.3, 0.4) is 0 Å². The summed E-state index contributed by atoms with van der Waals surface area (Å²) in [7, 11) is 1.42. The van der Waals surface area contributed by atoms with Crippen molar-refractivity contribution in [1.29, 1.82) is 0 Å². The predicted octanol–water partition coefficient (Wildman–Crippen LogP) is 1.52. The lowest BCUT2D eigenvalue weighted by atomic mass is 10.2. The van der Waals surface area contributed by atoms with Gasteiger partial charge in [-0.3, -0.25) is 15.8 Å². The summed E-state index contributed by atoms with van der Waals surface area (Å²) in [5.41, 5.74) is 6.82. The smallest absolute Gasteiger partial charge is 0.297 e. The number of rotatable bonds is 2. The summed E-state index contributed by atoms with van der Waals surface area (Å²) < 4.78 is 4.77. The molecule has 0 bridgehead atoms. The molecule has 1 N–H and O–H groups in total. The Labute approximate surface area is 68.9 Å². The summed E-state index contributed by atoms with van der Waals surface area (Å²) in [6, 6.07) is 4.06. The van der Waals surface area contributed by atoms with Crippen LogP contribution in [-0.4, -0.2) is 12.0 Å². The number of nitro benzene ring substituents is 1. The summed E-state index contributed by atoms with van der Waals surface area (Å²) in [5.74, 6) is 0.387. The Morgan fingerprint density at radius 2 is 2.25 bits per heavy atom. The number of nitrogens with one attached hydrogen (secondary N) is 1. The molecule has 0 saturated heterocycles. The van der Waals surface area contributed by atoms with Gasteiger partial charge in [0.05, 0.1) is 18.1 Å². The lowest BCUT2D eigenvalue weighted by Crippen LogP contribution is -1.91. The minimum atomic E-state index is -0.606. The highest BCUT2D eigenvalue weighted by atomic mass is 16.6. The van der Waals surface area contributed by atoms with Crippen LogP contribution in [0.2, 0.25) is 0 Å². The van der Waals surface area contributed by atoms with Crippen LogP contribution in [0, 0.1) is 10.1 Å². The van der Waals surface area contributed by atoms with Gasteiger partial charge in [0.25, 0.3) is 5.69 Å². The first kappa shape index (κ1) is 8.32. The first-order chi connectivity index (χ1) is 5.65. The lowest BCUT2D eigenvalue weighted by molar-refractivity contribution is -0.384. The molecule has 0 unspecified atom stereocenters. The van der Waals surface area contributed by atoms with E-state index >= 15 is 0 Å². The number of nitro groups is 1. The van der Waals surface area contributed by atoms with Crippen molar-refractivity contribution >= 4 is 11.4 Å². The number of hydrogen-bond acceptors (Lipinski definition) is 3. The summed E-state index contributed by atoms with van der Waals surface area (Å²) in [6.45, 7) is 0. The molecule has 12 heavy (non-hydrogen) atoms. The fourth-order valence-corrected chi connectivity index (χ4v) is 0.789. The molecule has 0 amide bonds. The second-order valence-electron chi connectivity index (χ2n) is 2.14. The summed E-state index contributed by atoms with van der Waals surface area (Å²) in [6.07, 6.45) is 0. The normalized spacial score (nSPS) is 9.42. The average molecular weight is 167 g/mol. The Morgan fingerprint density at radius 3 is 2.75 bits per heavy atom. The molecule has 1 radical (unpaired) electrons. The Bertz CT molecular complexity index is 312. The van der Waals surface area contributed by atoms with E-state index in [9.17, 15) is 10.1 Å². The number of benzene rings is 1. The third kappa shape index (κ3) is 1.45. The molecular weight excluding hydrogens is 160 g/mol. The molecule has 1 aromatic carbocycles. The van der Waals surface area contributed by atoms with Crippen molar-refractivity contribution in [3.63, 3.8) is 0 Å². The molecular formula is C7H7N2O3. The van der Waals surface area contributed by atoms with Gasteiger partial charge >= 0.3 is 0 Å². The van der Waals surface area contributed by atoms with Crippen LogP contribution in [0.4, 0.5) is 11.4 Å². The van der Waals surface area contributed by atoms with E-state index in [2.05, 4.69) is 0 Å². The van der Waals surface area contributed by atoms with Crippen LogP contribution in [0.5, 0.6) is 5.75 Å². The molecule has 5 nitrogen and oxygen atoms in total. The largest absolute Gasteiger partial charge is 0.496 e. The van der Waals surface area contributed by atoms with Gasteiger partial charge in [-0.15, -0.1) is 0 Å². The van der Waals surface area contributed by atoms with Crippen LogP contribution in [-0.2, 0) is 0 Å².